The van der Waals surface area contributed by atoms with Crippen molar-refractivity contribution in [3.63, 3.8) is 0 Å². The molecule has 2 N–H and O–H groups in total. The average molecular weight is 499 g/mol. The fourth-order valence-corrected chi connectivity index (χ4v) is 4.60. The molecule has 0 atom stereocenters. The van der Waals surface area contributed by atoms with E-state index in [0.29, 0.717) is 6.54 Å². The van der Waals surface area contributed by atoms with E-state index in [1.54, 1.807) is 7.11 Å². The number of hydrogen-bond donors (Lipinski definition) is 2. The molecule has 5 nitrogen and oxygen atoms in total. The first-order valence-corrected chi connectivity index (χ1v) is 12.9. The van der Waals surface area contributed by atoms with Gasteiger partial charge in [-0.25, -0.2) is 0 Å². The summed E-state index contributed by atoms with van der Waals surface area (Å²) in [5.74, 6) is 0.967. The third kappa shape index (κ3) is 6.41. The molecule has 1 saturated carbocycles. The van der Waals surface area contributed by atoms with Gasteiger partial charge >= 0.3 is 0 Å². The molecule has 1 aliphatic rings. The van der Waals surface area contributed by atoms with Gasteiger partial charge in [0.25, 0.3) is 0 Å². The molecule has 0 saturated heterocycles. The van der Waals surface area contributed by atoms with Gasteiger partial charge in [-0.15, -0.1) is 0 Å². The monoisotopic (exact) mass is 498 g/mol. The molecule has 0 unspecified atom stereocenters. The summed E-state index contributed by atoms with van der Waals surface area (Å²) < 4.78 is 5.42. The highest BCUT2D eigenvalue weighted by Gasteiger charge is 2.30. The predicted molar refractivity (Wildman–Crippen MR) is 152 cm³/mol. The number of nitrogens with zero attached hydrogens (tertiary/aromatic N) is 1. The number of benzene rings is 3. The molecular formula is C32H38N2O3. The minimum absolute atomic E-state index is 0.0501. The van der Waals surface area contributed by atoms with E-state index in [0.717, 1.165) is 52.2 Å². The van der Waals surface area contributed by atoms with Crippen molar-refractivity contribution in [2.24, 2.45) is 5.92 Å². The Hall–Kier alpha value is -3.57. The number of methoxy groups -OCH3 is 1. The summed E-state index contributed by atoms with van der Waals surface area (Å²) in [5, 5.41) is 13.2. The Morgan fingerprint density at radius 2 is 1.78 bits per heavy atom. The lowest BCUT2D eigenvalue weighted by Gasteiger charge is -2.27. The van der Waals surface area contributed by atoms with Gasteiger partial charge in [0.15, 0.2) is 0 Å². The van der Waals surface area contributed by atoms with E-state index in [2.05, 4.69) is 67.4 Å². The lowest BCUT2D eigenvalue weighted by molar-refractivity contribution is -0.117. The number of nitrogens with one attached hydrogen (secondary N) is 1. The van der Waals surface area contributed by atoms with Gasteiger partial charge in [0.2, 0.25) is 5.91 Å². The minimum atomic E-state index is -0.0892. The van der Waals surface area contributed by atoms with E-state index in [1.807, 2.05) is 43.5 Å². The van der Waals surface area contributed by atoms with Crippen LogP contribution in [-0.4, -0.2) is 31.8 Å². The Labute approximate surface area is 220 Å². The zero-order valence-electron chi connectivity index (χ0n) is 22.5. The minimum Gasteiger partial charge on any atom is -0.497 e. The highest BCUT2D eigenvalue weighted by molar-refractivity contribution is 6.00. The smallest absolute Gasteiger partial charge is 0.227 e. The van der Waals surface area contributed by atoms with Crippen molar-refractivity contribution in [2.45, 2.75) is 45.6 Å². The van der Waals surface area contributed by atoms with Gasteiger partial charge in [-0.05, 0) is 58.7 Å². The maximum Gasteiger partial charge on any atom is 0.227 e. The Morgan fingerprint density at radius 3 is 2.41 bits per heavy atom. The number of rotatable bonds is 9. The summed E-state index contributed by atoms with van der Waals surface area (Å²) in [6.07, 6.45) is 3.73. The predicted octanol–water partition coefficient (Wildman–Crippen LogP) is 6.40. The summed E-state index contributed by atoms with van der Waals surface area (Å²) in [7, 11) is 3.70. The van der Waals surface area contributed by atoms with Crippen LogP contribution in [0, 0.1) is 5.92 Å². The molecule has 4 rings (SSSR count). The molecule has 3 aromatic rings. The molecule has 0 aliphatic heterocycles. The first-order chi connectivity index (χ1) is 17.7. The van der Waals surface area contributed by atoms with Crippen LogP contribution in [0.15, 0.2) is 72.8 Å². The SMILES string of the molecule is COc1cccc(CN(C)c2c(NC(=O)C3CC3)cccc2/C(=C/CO)c2ccc(C(C)(C)C)cc2)c1. The maximum absolute atomic E-state index is 12.8. The second-order valence-corrected chi connectivity index (χ2v) is 10.8. The molecule has 0 bridgehead atoms. The van der Waals surface area contributed by atoms with Crippen LogP contribution in [0.25, 0.3) is 5.57 Å². The number of ether oxygens (including phenoxy) is 1. The average Bonchev–Trinajstić information content (AvgIpc) is 3.73. The van der Waals surface area contributed by atoms with E-state index < -0.39 is 0 Å². The summed E-state index contributed by atoms with van der Waals surface area (Å²) in [6.45, 7) is 7.13. The number of carbonyl (C=O) groups is 1. The van der Waals surface area contributed by atoms with Crippen LogP contribution in [0.3, 0.4) is 0 Å². The van der Waals surface area contributed by atoms with Gasteiger partial charge in [-0.1, -0.05) is 75.4 Å². The number of amides is 1. The number of aliphatic hydroxyl groups is 1. The van der Waals surface area contributed by atoms with E-state index in [-0.39, 0.29) is 23.8 Å². The lowest BCUT2D eigenvalue weighted by atomic mass is 9.85. The summed E-state index contributed by atoms with van der Waals surface area (Å²) in [6, 6.07) is 22.5. The molecule has 1 aliphatic carbocycles. The Bertz CT molecular complexity index is 1270. The topological polar surface area (TPSA) is 61.8 Å². The highest BCUT2D eigenvalue weighted by Crippen LogP contribution is 2.39. The summed E-state index contributed by atoms with van der Waals surface area (Å²) in [4.78, 5) is 15.0. The quantitative estimate of drug-likeness (QED) is 0.358. The highest BCUT2D eigenvalue weighted by atomic mass is 16.5. The van der Waals surface area contributed by atoms with Crippen LogP contribution < -0.4 is 15.0 Å². The summed E-state index contributed by atoms with van der Waals surface area (Å²) in [5.41, 5.74) is 6.99. The van der Waals surface area contributed by atoms with E-state index >= 15 is 0 Å². The standard InChI is InChI=1S/C32H38N2O3/c1-32(2,3)25-16-14-23(15-17-25)27(18-19-35)28-10-7-11-29(33-31(36)24-12-13-24)30(28)34(4)21-22-8-6-9-26(20-22)37-5/h6-11,14-18,20,24,35H,12-13,19,21H2,1-5H3,(H,33,36)/b27-18+. The lowest BCUT2D eigenvalue weighted by Crippen LogP contribution is -2.22. The van der Waals surface area contributed by atoms with Gasteiger partial charge in [0.1, 0.15) is 5.75 Å². The van der Waals surface area contributed by atoms with Crippen LogP contribution in [0.1, 0.15) is 55.9 Å². The van der Waals surface area contributed by atoms with Crippen molar-refractivity contribution in [1.82, 2.24) is 0 Å². The van der Waals surface area contributed by atoms with Crippen molar-refractivity contribution in [3.8, 4) is 5.75 Å². The zero-order chi connectivity index (χ0) is 26.6. The van der Waals surface area contributed by atoms with E-state index in [9.17, 15) is 9.90 Å². The van der Waals surface area contributed by atoms with Gasteiger partial charge in [-0.2, -0.15) is 0 Å². The van der Waals surface area contributed by atoms with Gasteiger partial charge in [0, 0.05) is 25.1 Å². The van der Waals surface area contributed by atoms with Gasteiger partial charge in [0.05, 0.1) is 25.1 Å². The molecule has 37 heavy (non-hydrogen) atoms. The molecule has 0 radical (unpaired) electrons. The Kier molecular flexibility index (Phi) is 8.03. The van der Waals surface area contributed by atoms with Crippen molar-refractivity contribution < 1.29 is 14.6 Å². The van der Waals surface area contributed by atoms with Crippen molar-refractivity contribution in [2.75, 3.05) is 31.0 Å². The maximum atomic E-state index is 12.8. The molecule has 1 fully saturated rings. The Balaban J connectivity index is 1.78. The summed E-state index contributed by atoms with van der Waals surface area (Å²) >= 11 is 0. The van der Waals surface area contributed by atoms with Gasteiger partial charge < -0.3 is 20.1 Å². The van der Waals surface area contributed by atoms with E-state index in [4.69, 9.17) is 4.74 Å². The van der Waals surface area contributed by atoms with Crippen LogP contribution >= 0.6 is 0 Å². The van der Waals surface area contributed by atoms with Gasteiger partial charge in [-0.3, -0.25) is 4.79 Å². The second kappa shape index (κ2) is 11.2. The Morgan fingerprint density at radius 1 is 1.08 bits per heavy atom. The van der Waals surface area contributed by atoms with Crippen LogP contribution in [0.2, 0.25) is 0 Å². The number of para-hydroxylation sites is 1. The van der Waals surface area contributed by atoms with E-state index in [1.165, 1.54) is 5.56 Å². The number of aliphatic hydroxyl groups excluding tert-OH is 1. The largest absolute Gasteiger partial charge is 0.497 e. The third-order valence-corrected chi connectivity index (χ3v) is 6.83. The molecular weight excluding hydrogens is 460 g/mol. The molecule has 0 spiro atoms. The third-order valence-electron chi connectivity index (χ3n) is 6.83. The molecule has 0 aromatic heterocycles. The first kappa shape index (κ1) is 26.5. The first-order valence-electron chi connectivity index (χ1n) is 12.9. The van der Waals surface area contributed by atoms with Crippen molar-refractivity contribution in [1.29, 1.82) is 0 Å². The molecule has 1 amide bonds. The van der Waals surface area contributed by atoms with Crippen LogP contribution in [0.4, 0.5) is 11.4 Å². The number of anilines is 2. The van der Waals surface area contributed by atoms with Crippen LogP contribution in [-0.2, 0) is 16.8 Å². The second-order valence-electron chi connectivity index (χ2n) is 10.8. The molecule has 3 aromatic carbocycles. The molecule has 5 heteroatoms. The number of carbonyl (C=O) groups excluding carboxylic acids is 1. The zero-order valence-corrected chi connectivity index (χ0v) is 22.5. The fourth-order valence-electron chi connectivity index (χ4n) is 4.60. The molecule has 194 valence electrons. The molecule has 0 heterocycles. The van der Waals surface area contributed by atoms with Crippen LogP contribution in [0.5, 0.6) is 5.75 Å². The normalized spacial score (nSPS) is 13.8. The van der Waals surface area contributed by atoms with Crippen molar-refractivity contribution >= 4 is 22.9 Å². The van der Waals surface area contributed by atoms with Crippen molar-refractivity contribution in [3.05, 3.63) is 95.1 Å². The number of hydrogen-bond acceptors (Lipinski definition) is 4. The fraction of sp³-hybridized carbons (Fsp3) is 0.344.